The van der Waals surface area contributed by atoms with E-state index >= 15 is 0 Å². The van der Waals surface area contributed by atoms with Gasteiger partial charge in [-0.1, -0.05) is 164 Å². The molecule has 0 bridgehead atoms. The van der Waals surface area contributed by atoms with Crippen LogP contribution in [0.15, 0.2) is 249 Å². The van der Waals surface area contributed by atoms with Crippen LogP contribution in [0.2, 0.25) is 0 Å². The molecule has 11 rings (SSSR count). The monoisotopic (exact) mass is 779 g/mol. The van der Waals surface area contributed by atoms with Crippen molar-refractivity contribution >= 4 is 66.7 Å². The minimum Gasteiger partial charge on any atom is -0.310 e. The first-order valence-electron chi connectivity index (χ1n) is 20.8. The van der Waals surface area contributed by atoms with Gasteiger partial charge in [-0.05, 0) is 113 Å². The maximum Gasteiger partial charge on any atom is 0.0620 e. The van der Waals surface area contributed by atoms with E-state index in [4.69, 9.17) is 0 Å². The summed E-state index contributed by atoms with van der Waals surface area (Å²) in [5.41, 5.74) is 14.8. The molecule has 1 aromatic heterocycles. The summed E-state index contributed by atoms with van der Waals surface area (Å²) in [6, 6.07) is 89.5. The zero-order valence-corrected chi connectivity index (χ0v) is 33.5. The van der Waals surface area contributed by atoms with Gasteiger partial charge in [0.1, 0.15) is 0 Å². The zero-order chi connectivity index (χ0) is 40.5. The summed E-state index contributed by atoms with van der Waals surface area (Å²) in [5.74, 6) is 0. The average Bonchev–Trinajstić information content (AvgIpc) is 3.69. The lowest BCUT2D eigenvalue weighted by molar-refractivity contribution is 1.19. The molecule has 288 valence electrons. The Balaban J connectivity index is 1.10. The Morgan fingerprint density at radius 2 is 0.689 bits per heavy atom. The van der Waals surface area contributed by atoms with Gasteiger partial charge in [0.25, 0.3) is 0 Å². The predicted octanol–water partition coefficient (Wildman–Crippen LogP) is 16.2. The number of para-hydroxylation sites is 3. The lowest BCUT2D eigenvalue weighted by Gasteiger charge is -2.30. The number of benzene rings is 10. The summed E-state index contributed by atoms with van der Waals surface area (Å²) in [5, 5.41) is 4.87. The summed E-state index contributed by atoms with van der Waals surface area (Å²) in [6.45, 7) is 0. The van der Waals surface area contributed by atoms with Crippen molar-refractivity contribution in [2.75, 3.05) is 9.80 Å². The van der Waals surface area contributed by atoms with Gasteiger partial charge in [0.05, 0.1) is 11.0 Å². The first-order chi connectivity index (χ1) is 30.3. The SMILES string of the molecule is c1ccc(-c2ccc(N(c3ccccc3)c3cccc(N(c4ccc(-c5ccccc5)cc4)c4ccc5ccc6c7ccccc7n(-c7ccccc7)c6c5c4)c3)cc2)cc1. The van der Waals surface area contributed by atoms with Crippen molar-refractivity contribution in [3.05, 3.63) is 249 Å². The van der Waals surface area contributed by atoms with Crippen LogP contribution in [0, 0.1) is 0 Å². The summed E-state index contributed by atoms with van der Waals surface area (Å²) in [6.07, 6.45) is 0. The van der Waals surface area contributed by atoms with E-state index in [-0.39, 0.29) is 0 Å². The first-order valence-corrected chi connectivity index (χ1v) is 20.8. The van der Waals surface area contributed by atoms with Gasteiger partial charge in [-0.2, -0.15) is 0 Å². The van der Waals surface area contributed by atoms with E-state index < -0.39 is 0 Å². The number of rotatable bonds is 9. The highest BCUT2D eigenvalue weighted by molar-refractivity contribution is 6.19. The van der Waals surface area contributed by atoms with Gasteiger partial charge in [0.2, 0.25) is 0 Å². The number of anilines is 6. The molecule has 61 heavy (non-hydrogen) atoms. The van der Waals surface area contributed by atoms with Gasteiger partial charge in [0.15, 0.2) is 0 Å². The van der Waals surface area contributed by atoms with Gasteiger partial charge >= 0.3 is 0 Å². The maximum absolute atomic E-state index is 2.43. The van der Waals surface area contributed by atoms with Crippen LogP contribution >= 0.6 is 0 Å². The van der Waals surface area contributed by atoms with E-state index in [1.165, 1.54) is 54.8 Å². The highest BCUT2D eigenvalue weighted by atomic mass is 15.2. The predicted molar refractivity (Wildman–Crippen MR) is 259 cm³/mol. The van der Waals surface area contributed by atoms with E-state index in [9.17, 15) is 0 Å². The molecule has 0 spiro atoms. The lowest BCUT2D eigenvalue weighted by Crippen LogP contribution is -2.13. The standard InChI is InChI=1S/C58H41N3/c1-5-16-42(17-6-1)44-28-34-49(35-29-44)59(47-20-9-3-10-21-47)51-24-15-25-52(40-51)60(50-36-30-45(31-37-50)43-18-7-2-8-19-43)53-38-32-46-33-39-55-54-26-13-14-27-57(54)61(58(55)56(46)41-53)48-22-11-4-12-23-48/h1-41H. The number of hydrogen-bond acceptors (Lipinski definition) is 2. The topological polar surface area (TPSA) is 11.4 Å². The van der Waals surface area contributed by atoms with Crippen molar-refractivity contribution in [3.8, 4) is 27.9 Å². The van der Waals surface area contributed by atoms with Gasteiger partial charge in [0, 0.05) is 56.0 Å². The third kappa shape index (κ3) is 6.69. The summed E-state index contributed by atoms with van der Waals surface area (Å²) < 4.78 is 2.43. The van der Waals surface area contributed by atoms with Crippen molar-refractivity contribution in [2.24, 2.45) is 0 Å². The lowest BCUT2D eigenvalue weighted by atomic mass is 10.0. The van der Waals surface area contributed by atoms with E-state index in [2.05, 4.69) is 263 Å². The van der Waals surface area contributed by atoms with Crippen LogP contribution in [0.1, 0.15) is 0 Å². The Hall–Kier alpha value is -8.14. The molecule has 0 unspecified atom stereocenters. The third-order valence-corrected chi connectivity index (χ3v) is 11.7. The second kappa shape index (κ2) is 15.6. The fourth-order valence-electron chi connectivity index (χ4n) is 8.86. The molecule has 10 aromatic carbocycles. The van der Waals surface area contributed by atoms with Crippen LogP contribution in [0.5, 0.6) is 0 Å². The van der Waals surface area contributed by atoms with Crippen LogP contribution in [-0.2, 0) is 0 Å². The normalized spacial score (nSPS) is 11.3. The number of nitrogens with zero attached hydrogens (tertiary/aromatic N) is 3. The molecule has 0 radical (unpaired) electrons. The molecule has 3 heteroatoms. The third-order valence-electron chi connectivity index (χ3n) is 11.7. The van der Waals surface area contributed by atoms with Crippen LogP contribution in [0.3, 0.4) is 0 Å². The van der Waals surface area contributed by atoms with Crippen molar-refractivity contribution in [1.82, 2.24) is 4.57 Å². The fraction of sp³-hybridized carbons (Fsp3) is 0. The molecule has 11 aromatic rings. The number of fused-ring (bicyclic) bond motifs is 5. The molecule has 0 aliphatic heterocycles. The molecule has 0 saturated heterocycles. The highest BCUT2D eigenvalue weighted by Crippen LogP contribution is 2.44. The van der Waals surface area contributed by atoms with Gasteiger partial charge in [-0.15, -0.1) is 0 Å². The zero-order valence-electron chi connectivity index (χ0n) is 33.5. The molecule has 0 saturated carbocycles. The Morgan fingerprint density at radius 3 is 1.30 bits per heavy atom. The number of aromatic nitrogens is 1. The minimum atomic E-state index is 1.06. The van der Waals surface area contributed by atoms with Crippen LogP contribution in [0.4, 0.5) is 34.1 Å². The maximum atomic E-state index is 2.43. The van der Waals surface area contributed by atoms with Gasteiger partial charge < -0.3 is 14.4 Å². The average molecular weight is 780 g/mol. The Kier molecular flexibility index (Phi) is 9.18. The van der Waals surface area contributed by atoms with E-state index in [0.29, 0.717) is 0 Å². The highest BCUT2D eigenvalue weighted by Gasteiger charge is 2.20. The van der Waals surface area contributed by atoms with E-state index in [1.807, 2.05) is 0 Å². The van der Waals surface area contributed by atoms with Crippen LogP contribution in [-0.4, -0.2) is 4.57 Å². The molecule has 1 heterocycles. The minimum absolute atomic E-state index is 1.06. The van der Waals surface area contributed by atoms with Gasteiger partial charge in [-0.25, -0.2) is 0 Å². The molecule has 3 nitrogen and oxygen atoms in total. The molecule has 0 atom stereocenters. The van der Waals surface area contributed by atoms with Crippen molar-refractivity contribution < 1.29 is 0 Å². The molecule has 0 aliphatic rings. The smallest absolute Gasteiger partial charge is 0.0620 e. The fourth-order valence-corrected chi connectivity index (χ4v) is 8.86. The van der Waals surface area contributed by atoms with Crippen molar-refractivity contribution in [2.45, 2.75) is 0 Å². The molecule has 0 aliphatic carbocycles. The molecular weight excluding hydrogens is 739 g/mol. The Labute approximate surface area is 356 Å². The largest absolute Gasteiger partial charge is 0.310 e. The van der Waals surface area contributed by atoms with Crippen molar-refractivity contribution in [3.63, 3.8) is 0 Å². The van der Waals surface area contributed by atoms with E-state index in [1.54, 1.807) is 0 Å². The number of hydrogen-bond donors (Lipinski definition) is 0. The van der Waals surface area contributed by atoms with Crippen LogP contribution < -0.4 is 9.80 Å². The second-order valence-electron chi connectivity index (χ2n) is 15.4. The summed E-state index contributed by atoms with van der Waals surface area (Å²) in [7, 11) is 0. The molecule has 0 N–H and O–H groups in total. The van der Waals surface area contributed by atoms with Crippen LogP contribution in [0.25, 0.3) is 60.5 Å². The summed E-state index contributed by atoms with van der Waals surface area (Å²) in [4.78, 5) is 4.74. The summed E-state index contributed by atoms with van der Waals surface area (Å²) >= 11 is 0. The first kappa shape index (κ1) is 36.0. The molecule has 0 amide bonds. The van der Waals surface area contributed by atoms with Gasteiger partial charge in [-0.3, -0.25) is 0 Å². The second-order valence-corrected chi connectivity index (χ2v) is 15.4. The molecular formula is C58H41N3. The van der Waals surface area contributed by atoms with Crippen molar-refractivity contribution in [1.29, 1.82) is 0 Å². The Bertz CT molecular complexity index is 3270. The Morgan fingerprint density at radius 1 is 0.262 bits per heavy atom. The molecule has 0 fully saturated rings. The van der Waals surface area contributed by atoms with E-state index in [0.717, 1.165) is 39.8 Å². The quantitative estimate of drug-likeness (QED) is 0.145.